The number of nitrogens with one attached hydrogen (secondary N) is 2. The number of anilines is 1. The topological polar surface area (TPSA) is 125 Å². The summed E-state index contributed by atoms with van der Waals surface area (Å²) in [6.07, 6.45) is 1.98. The molecule has 3 rings (SSSR count). The van der Waals surface area contributed by atoms with E-state index in [2.05, 4.69) is 10.3 Å². The third-order valence-corrected chi connectivity index (χ3v) is 5.72. The molecule has 0 bridgehead atoms. The molecule has 0 atom stereocenters. The molecule has 3 N–H and O–H groups in total. The minimum Gasteiger partial charge on any atom is -0.390 e. The van der Waals surface area contributed by atoms with E-state index in [-0.39, 0.29) is 29.4 Å². The highest BCUT2D eigenvalue weighted by atomic mass is 32.2. The summed E-state index contributed by atoms with van der Waals surface area (Å²) in [6, 6.07) is 18.0. The van der Waals surface area contributed by atoms with Gasteiger partial charge in [0, 0.05) is 18.3 Å². The number of carbonyl (C=O) groups excluding carboxylic acids is 2. The van der Waals surface area contributed by atoms with Crippen molar-refractivity contribution in [2.75, 3.05) is 5.32 Å². The van der Waals surface area contributed by atoms with Gasteiger partial charge in [-0.05, 0) is 42.3 Å². The molecule has 1 heterocycles. The molecule has 2 amide bonds. The zero-order chi connectivity index (χ0) is 22.3. The number of aryl methyl sites for hydroxylation is 1. The summed E-state index contributed by atoms with van der Waals surface area (Å²) in [7, 11) is -4.16. The van der Waals surface area contributed by atoms with Crippen LogP contribution in [0.4, 0.5) is 5.69 Å². The Bertz CT molecular complexity index is 1160. The summed E-state index contributed by atoms with van der Waals surface area (Å²) in [5, 5.41) is 11.7. The van der Waals surface area contributed by atoms with Gasteiger partial charge in [-0.1, -0.05) is 36.4 Å². The van der Waals surface area contributed by atoms with Crippen LogP contribution in [0, 0.1) is 0 Å². The van der Waals surface area contributed by atoms with Crippen molar-refractivity contribution in [3.8, 4) is 0 Å². The number of nitrogens with zero attached hydrogens (tertiary/aromatic N) is 1. The molecule has 0 saturated heterocycles. The average Bonchev–Trinajstić information content (AvgIpc) is 2.78. The fraction of sp³-hybridized carbons (Fsp3) is 0.136. The minimum absolute atomic E-state index is 0.0335. The van der Waals surface area contributed by atoms with Crippen molar-refractivity contribution in [1.82, 2.24) is 9.71 Å². The Morgan fingerprint density at radius 3 is 2.42 bits per heavy atom. The molecule has 0 aliphatic carbocycles. The lowest BCUT2D eigenvalue weighted by atomic mass is 10.1. The molecule has 0 unspecified atom stereocenters. The molecular weight excluding hydrogens is 418 g/mol. The molecule has 0 radical (unpaired) electrons. The number of aliphatic hydroxyl groups excluding tert-OH is 1. The third kappa shape index (κ3) is 6.21. The van der Waals surface area contributed by atoms with Gasteiger partial charge in [-0.25, -0.2) is 13.1 Å². The van der Waals surface area contributed by atoms with E-state index in [1.165, 1.54) is 36.5 Å². The number of sulfonamides is 1. The second-order valence-corrected chi connectivity index (χ2v) is 8.37. The Morgan fingerprint density at radius 2 is 1.74 bits per heavy atom. The Morgan fingerprint density at radius 1 is 0.968 bits per heavy atom. The van der Waals surface area contributed by atoms with Gasteiger partial charge in [0.2, 0.25) is 5.91 Å². The summed E-state index contributed by atoms with van der Waals surface area (Å²) in [6.45, 7) is -0.288. The number of aliphatic hydroxyl groups is 1. The monoisotopic (exact) mass is 439 g/mol. The van der Waals surface area contributed by atoms with Crippen LogP contribution < -0.4 is 10.0 Å². The summed E-state index contributed by atoms with van der Waals surface area (Å²) in [5.41, 5.74) is 1.72. The van der Waals surface area contributed by atoms with Gasteiger partial charge in [0.15, 0.2) is 0 Å². The van der Waals surface area contributed by atoms with Gasteiger partial charge in [-0.2, -0.15) is 0 Å². The quantitative estimate of drug-likeness (QED) is 0.494. The van der Waals surface area contributed by atoms with Crippen molar-refractivity contribution in [3.63, 3.8) is 0 Å². The van der Waals surface area contributed by atoms with E-state index in [0.29, 0.717) is 17.8 Å². The highest BCUT2D eigenvalue weighted by Gasteiger charge is 2.19. The predicted molar refractivity (Wildman–Crippen MR) is 115 cm³/mol. The van der Waals surface area contributed by atoms with Crippen molar-refractivity contribution in [2.45, 2.75) is 24.3 Å². The van der Waals surface area contributed by atoms with Gasteiger partial charge in [0.1, 0.15) is 0 Å². The van der Waals surface area contributed by atoms with Crippen molar-refractivity contribution in [2.24, 2.45) is 0 Å². The first kappa shape index (κ1) is 22.1. The van der Waals surface area contributed by atoms with Crippen LogP contribution >= 0.6 is 0 Å². The third-order valence-electron chi connectivity index (χ3n) is 4.39. The van der Waals surface area contributed by atoms with Crippen LogP contribution in [0.25, 0.3) is 0 Å². The number of benzene rings is 2. The van der Waals surface area contributed by atoms with E-state index in [4.69, 9.17) is 5.11 Å². The molecule has 1 aromatic heterocycles. The van der Waals surface area contributed by atoms with Crippen molar-refractivity contribution in [3.05, 3.63) is 89.7 Å². The van der Waals surface area contributed by atoms with E-state index in [9.17, 15) is 18.0 Å². The first-order chi connectivity index (χ1) is 14.9. The van der Waals surface area contributed by atoms with Gasteiger partial charge >= 0.3 is 0 Å². The molecule has 0 spiro atoms. The molecule has 3 aromatic rings. The Labute approximate surface area is 180 Å². The van der Waals surface area contributed by atoms with Crippen LogP contribution in [0.2, 0.25) is 0 Å². The van der Waals surface area contributed by atoms with Gasteiger partial charge in [0.25, 0.3) is 15.9 Å². The van der Waals surface area contributed by atoms with Gasteiger partial charge < -0.3 is 10.4 Å². The zero-order valence-electron chi connectivity index (χ0n) is 16.5. The van der Waals surface area contributed by atoms with Crippen molar-refractivity contribution in [1.29, 1.82) is 0 Å². The average molecular weight is 439 g/mol. The Kier molecular flexibility index (Phi) is 7.11. The van der Waals surface area contributed by atoms with E-state index in [1.54, 1.807) is 6.07 Å². The number of hydrogen-bond acceptors (Lipinski definition) is 6. The molecule has 0 saturated carbocycles. The smallest absolute Gasteiger partial charge is 0.266 e. The maximum Gasteiger partial charge on any atom is 0.266 e. The number of aromatic nitrogens is 1. The van der Waals surface area contributed by atoms with Gasteiger partial charge in [-0.15, -0.1) is 0 Å². The van der Waals surface area contributed by atoms with Crippen LogP contribution in [0.15, 0.2) is 77.8 Å². The van der Waals surface area contributed by atoms with Crippen LogP contribution in [0.3, 0.4) is 0 Å². The Hall–Kier alpha value is -3.56. The largest absolute Gasteiger partial charge is 0.390 e. The summed E-state index contributed by atoms with van der Waals surface area (Å²) >= 11 is 0. The van der Waals surface area contributed by atoms with E-state index in [1.807, 2.05) is 35.1 Å². The molecule has 0 fully saturated rings. The normalized spacial score (nSPS) is 11.0. The maximum absolute atomic E-state index is 12.6. The fourth-order valence-corrected chi connectivity index (χ4v) is 3.78. The molecule has 160 valence electrons. The lowest BCUT2D eigenvalue weighted by Crippen LogP contribution is -2.30. The van der Waals surface area contributed by atoms with Crippen LogP contribution in [0.1, 0.15) is 28.0 Å². The molecule has 2 aromatic carbocycles. The van der Waals surface area contributed by atoms with Gasteiger partial charge in [-0.3, -0.25) is 14.6 Å². The van der Waals surface area contributed by atoms with Crippen LogP contribution in [0.5, 0.6) is 0 Å². The number of amides is 2. The van der Waals surface area contributed by atoms with E-state index in [0.717, 1.165) is 5.56 Å². The molecule has 31 heavy (non-hydrogen) atoms. The second kappa shape index (κ2) is 9.96. The van der Waals surface area contributed by atoms with E-state index >= 15 is 0 Å². The Balaban J connectivity index is 1.64. The lowest BCUT2D eigenvalue weighted by molar-refractivity contribution is -0.116. The highest BCUT2D eigenvalue weighted by Crippen LogP contribution is 2.16. The minimum atomic E-state index is -4.16. The number of pyridine rings is 1. The van der Waals surface area contributed by atoms with Gasteiger partial charge in [0.05, 0.1) is 22.8 Å². The standard InChI is InChI=1S/C22H21N3O5S/c26-15-19-11-10-17(14-23-19)22(28)25-31(29,30)20-8-4-7-18(13-20)24-21(27)12-9-16-5-2-1-3-6-16/h1-8,10-11,13-14,26H,9,12,15H2,(H,24,27)(H,25,28). The van der Waals surface area contributed by atoms with Crippen LogP contribution in [-0.4, -0.2) is 30.3 Å². The highest BCUT2D eigenvalue weighted by molar-refractivity contribution is 7.90. The molecule has 0 aliphatic rings. The molecule has 9 heteroatoms. The molecule has 8 nitrogen and oxygen atoms in total. The first-order valence-corrected chi connectivity index (χ1v) is 10.9. The summed E-state index contributed by atoms with van der Waals surface area (Å²) in [5.74, 6) is -1.10. The number of hydrogen-bond donors (Lipinski definition) is 3. The zero-order valence-corrected chi connectivity index (χ0v) is 17.3. The SMILES string of the molecule is O=C(CCc1ccccc1)Nc1cccc(S(=O)(=O)NC(=O)c2ccc(CO)nc2)c1. The first-order valence-electron chi connectivity index (χ1n) is 9.44. The molecule has 0 aliphatic heterocycles. The lowest BCUT2D eigenvalue weighted by Gasteiger charge is -2.10. The molecular formula is C22H21N3O5S. The fourth-order valence-electron chi connectivity index (χ4n) is 2.76. The van der Waals surface area contributed by atoms with Crippen molar-refractivity contribution < 1.29 is 23.1 Å². The summed E-state index contributed by atoms with van der Waals surface area (Å²) in [4.78, 5) is 28.1. The predicted octanol–water partition coefficient (Wildman–Crippen LogP) is 2.26. The van der Waals surface area contributed by atoms with Crippen LogP contribution in [-0.2, 0) is 27.8 Å². The van der Waals surface area contributed by atoms with E-state index < -0.39 is 15.9 Å². The second-order valence-electron chi connectivity index (χ2n) is 6.69. The maximum atomic E-state index is 12.6. The summed E-state index contributed by atoms with van der Waals surface area (Å²) < 4.78 is 27.1. The van der Waals surface area contributed by atoms with Crippen molar-refractivity contribution >= 4 is 27.5 Å². The number of carbonyl (C=O) groups is 2. The number of rotatable bonds is 8.